The number of carbonyl (C=O) groups is 1. The number of hydrogen-bond donors (Lipinski definition) is 0. The molecule has 70 valence electrons. The molecule has 0 spiro atoms. The number of aldehydes is 1. The van der Waals surface area contributed by atoms with Gasteiger partial charge in [0.2, 0.25) is 0 Å². The highest BCUT2D eigenvalue weighted by atomic mass is 19.1. The molecule has 0 aromatic heterocycles. The molecule has 0 amide bonds. The van der Waals surface area contributed by atoms with Crippen LogP contribution in [-0.4, -0.2) is 12.2 Å². The fourth-order valence-corrected chi connectivity index (χ4v) is 1.02. The summed E-state index contributed by atoms with van der Waals surface area (Å²) in [7, 11) is 0. The van der Waals surface area contributed by atoms with Gasteiger partial charge in [0, 0.05) is 17.2 Å². The topological polar surface area (TPSA) is 34.1 Å². The zero-order chi connectivity index (χ0) is 10.4. The van der Waals surface area contributed by atoms with Crippen LogP contribution >= 0.6 is 0 Å². The normalized spacial score (nSPS) is 9.79. The van der Waals surface area contributed by atoms with Crippen LogP contribution in [0.1, 0.15) is 15.9 Å². The van der Waals surface area contributed by atoms with Gasteiger partial charge in [-0.15, -0.1) is 0 Å². The molecule has 1 rings (SSSR count). The SMILES string of the molecule is O=C=C/C=C/c1c(F)cccc1C=O. The summed E-state index contributed by atoms with van der Waals surface area (Å²) in [5.74, 6) is 1.03. The van der Waals surface area contributed by atoms with Gasteiger partial charge < -0.3 is 0 Å². The predicted octanol–water partition coefficient (Wildman–Crippen LogP) is 2.04. The molecule has 0 fully saturated rings. The van der Waals surface area contributed by atoms with Crippen LogP contribution in [0, 0.1) is 5.82 Å². The van der Waals surface area contributed by atoms with E-state index in [-0.39, 0.29) is 11.1 Å². The lowest BCUT2D eigenvalue weighted by Gasteiger charge is -1.98. The minimum atomic E-state index is -0.495. The van der Waals surface area contributed by atoms with Crippen LogP contribution in [0.25, 0.3) is 6.08 Å². The minimum Gasteiger partial charge on any atom is -0.298 e. The van der Waals surface area contributed by atoms with Crippen molar-refractivity contribution in [1.82, 2.24) is 0 Å². The Morgan fingerprint density at radius 1 is 1.36 bits per heavy atom. The van der Waals surface area contributed by atoms with Crippen LogP contribution in [0.15, 0.2) is 30.4 Å². The van der Waals surface area contributed by atoms with Gasteiger partial charge in [0.1, 0.15) is 11.8 Å². The number of halogens is 1. The van der Waals surface area contributed by atoms with E-state index in [1.54, 1.807) is 0 Å². The second-order valence-corrected chi connectivity index (χ2v) is 2.50. The number of allylic oxidation sites excluding steroid dienone is 2. The van der Waals surface area contributed by atoms with Gasteiger partial charge in [0.15, 0.2) is 6.29 Å². The second kappa shape index (κ2) is 4.90. The molecule has 0 radical (unpaired) electrons. The van der Waals surface area contributed by atoms with Crippen LogP contribution in [0.2, 0.25) is 0 Å². The molecule has 0 heterocycles. The zero-order valence-corrected chi connectivity index (χ0v) is 7.24. The maximum atomic E-state index is 13.1. The van der Waals surface area contributed by atoms with Gasteiger partial charge in [0.25, 0.3) is 0 Å². The standard InChI is InChI=1S/C11H7FO2/c12-11-6-3-4-9(8-14)10(11)5-1-2-7-13/h1-6,8H/b5-1+. The Morgan fingerprint density at radius 3 is 2.79 bits per heavy atom. The van der Waals surface area contributed by atoms with E-state index in [4.69, 9.17) is 0 Å². The van der Waals surface area contributed by atoms with Crippen LogP contribution in [0.5, 0.6) is 0 Å². The molecule has 2 nitrogen and oxygen atoms in total. The molecule has 0 aliphatic rings. The molecule has 0 saturated heterocycles. The lowest BCUT2D eigenvalue weighted by molar-refractivity contribution is 0.112. The van der Waals surface area contributed by atoms with E-state index in [1.165, 1.54) is 36.3 Å². The second-order valence-electron chi connectivity index (χ2n) is 2.50. The average Bonchev–Trinajstić information content (AvgIpc) is 2.20. The molecule has 0 aliphatic heterocycles. The van der Waals surface area contributed by atoms with Crippen LogP contribution in [0.4, 0.5) is 4.39 Å². The van der Waals surface area contributed by atoms with Crippen molar-refractivity contribution in [3.63, 3.8) is 0 Å². The predicted molar refractivity (Wildman–Crippen MR) is 51.1 cm³/mol. The first-order chi connectivity index (χ1) is 6.79. The maximum Gasteiger partial charge on any atom is 0.150 e. The van der Waals surface area contributed by atoms with Gasteiger partial charge in [-0.1, -0.05) is 24.3 Å². The molecule has 14 heavy (non-hydrogen) atoms. The molecule has 1 aromatic carbocycles. The van der Waals surface area contributed by atoms with Gasteiger partial charge in [-0.2, -0.15) is 0 Å². The van der Waals surface area contributed by atoms with Crippen LogP contribution in [0.3, 0.4) is 0 Å². The largest absolute Gasteiger partial charge is 0.298 e. The van der Waals surface area contributed by atoms with Crippen molar-refractivity contribution in [2.75, 3.05) is 0 Å². The maximum absolute atomic E-state index is 13.1. The highest BCUT2D eigenvalue weighted by Gasteiger charge is 2.02. The van der Waals surface area contributed by atoms with Crippen molar-refractivity contribution >= 4 is 18.3 Å². The molecule has 0 unspecified atom stereocenters. The molecule has 1 aromatic rings. The highest BCUT2D eigenvalue weighted by molar-refractivity contribution is 5.82. The first-order valence-electron chi connectivity index (χ1n) is 3.91. The fraction of sp³-hybridized carbons (Fsp3) is 0. The molecule has 3 heteroatoms. The molecular weight excluding hydrogens is 183 g/mol. The smallest absolute Gasteiger partial charge is 0.150 e. The summed E-state index contributed by atoms with van der Waals surface area (Å²) in [4.78, 5) is 20.4. The quantitative estimate of drug-likeness (QED) is 0.415. The lowest BCUT2D eigenvalue weighted by Crippen LogP contribution is -1.89. The molecule has 0 aliphatic carbocycles. The van der Waals surface area contributed by atoms with E-state index in [0.29, 0.717) is 6.29 Å². The number of rotatable bonds is 3. The van der Waals surface area contributed by atoms with Crippen LogP contribution < -0.4 is 0 Å². The van der Waals surface area contributed by atoms with Gasteiger partial charge in [-0.3, -0.25) is 4.79 Å². The average molecular weight is 190 g/mol. The van der Waals surface area contributed by atoms with E-state index in [2.05, 4.69) is 0 Å². The van der Waals surface area contributed by atoms with Crippen molar-refractivity contribution in [3.05, 3.63) is 47.3 Å². The molecule has 0 atom stereocenters. The summed E-state index contributed by atoms with van der Waals surface area (Å²) < 4.78 is 13.1. The van der Waals surface area contributed by atoms with E-state index in [9.17, 15) is 14.0 Å². The Morgan fingerprint density at radius 2 is 2.14 bits per heavy atom. The highest BCUT2D eigenvalue weighted by Crippen LogP contribution is 2.13. The van der Waals surface area contributed by atoms with Gasteiger partial charge in [-0.05, 0) is 6.07 Å². The van der Waals surface area contributed by atoms with Crippen molar-refractivity contribution < 1.29 is 14.0 Å². The van der Waals surface area contributed by atoms with E-state index >= 15 is 0 Å². The molecular formula is C11H7FO2. The summed E-state index contributed by atoms with van der Waals surface area (Å²) in [6, 6.07) is 4.20. The summed E-state index contributed by atoms with van der Waals surface area (Å²) in [6.07, 6.45) is 4.34. The van der Waals surface area contributed by atoms with E-state index < -0.39 is 5.82 Å². The zero-order valence-electron chi connectivity index (χ0n) is 7.24. The Kier molecular flexibility index (Phi) is 3.53. The van der Waals surface area contributed by atoms with Crippen LogP contribution in [-0.2, 0) is 4.79 Å². The third-order valence-corrected chi connectivity index (χ3v) is 1.64. The summed E-state index contributed by atoms with van der Waals surface area (Å²) in [5, 5.41) is 0. The third-order valence-electron chi connectivity index (χ3n) is 1.64. The van der Waals surface area contributed by atoms with E-state index in [1.807, 2.05) is 0 Å². The Balaban J connectivity index is 3.16. The van der Waals surface area contributed by atoms with Gasteiger partial charge >= 0.3 is 0 Å². The summed E-state index contributed by atoms with van der Waals surface area (Å²) in [6.45, 7) is 0. The number of carbonyl (C=O) groups excluding carboxylic acids is 2. The van der Waals surface area contributed by atoms with Gasteiger partial charge in [-0.25, -0.2) is 9.18 Å². The number of hydrogen-bond acceptors (Lipinski definition) is 2. The molecule has 0 N–H and O–H groups in total. The molecule has 0 bridgehead atoms. The van der Waals surface area contributed by atoms with Crippen molar-refractivity contribution in [1.29, 1.82) is 0 Å². The van der Waals surface area contributed by atoms with Crippen molar-refractivity contribution in [2.45, 2.75) is 0 Å². The Bertz CT molecular complexity index is 415. The first kappa shape index (κ1) is 10.1. The summed E-state index contributed by atoms with van der Waals surface area (Å²) in [5.41, 5.74) is 0.426. The van der Waals surface area contributed by atoms with Crippen molar-refractivity contribution in [2.24, 2.45) is 0 Å². The van der Waals surface area contributed by atoms with Gasteiger partial charge in [0.05, 0.1) is 0 Å². The third kappa shape index (κ3) is 2.25. The number of benzene rings is 1. The molecule has 0 saturated carbocycles. The van der Waals surface area contributed by atoms with Crippen molar-refractivity contribution in [3.8, 4) is 0 Å². The first-order valence-corrected chi connectivity index (χ1v) is 3.91. The minimum absolute atomic E-state index is 0.175. The Hall–Kier alpha value is -1.99. The fourth-order valence-electron chi connectivity index (χ4n) is 1.02. The lowest BCUT2D eigenvalue weighted by atomic mass is 10.1. The Labute approximate surface area is 80.4 Å². The monoisotopic (exact) mass is 190 g/mol. The van der Waals surface area contributed by atoms with E-state index in [0.717, 1.165) is 6.08 Å². The summed E-state index contributed by atoms with van der Waals surface area (Å²) >= 11 is 0.